The zero-order valence-corrected chi connectivity index (χ0v) is 19.0. The topological polar surface area (TPSA) is 110 Å². The van der Waals surface area contributed by atoms with Gasteiger partial charge in [0.1, 0.15) is 13.3 Å². The van der Waals surface area contributed by atoms with Gasteiger partial charge in [-0.3, -0.25) is 9.69 Å². The van der Waals surface area contributed by atoms with Gasteiger partial charge in [0, 0.05) is 37.0 Å². The molecule has 0 unspecified atom stereocenters. The number of aromatic nitrogens is 1. The standard InChI is InChI=1S/C21H27N5O4Si/c1-31(2,3)12-11-29-15-25-10-4-5-19(25)20(27)16-6-8-17(9-7-16)26-18(13-23-24-22)14-30-21(26)28/h4-10,18H,11-15H2,1-3H3/t18-/m1/s1. The Morgan fingerprint density at radius 2 is 2.03 bits per heavy atom. The molecular formula is C21H27N5O4Si. The van der Waals surface area contributed by atoms with Gasteiger partial charge in [0.25, 0.3) is 0 Å². The highest BCUT2D eigenvalue weighted by Gasteiger charge is 2.33. The molecule has 1 aromatic heterocycles. The molecule has 2 aromatic rings. The van der Waals surface area contributed by atoms with Gasteiger partial charge < -0.3 is 14.0 Å². The molecule has 1 fully saturated rings. The zero-order chi connectivity index (χ0) is 22.4. The Hall–Kier alpha value is -3.07. The van der Waals surface area contributed by atoms with Gasteiger partial charge in [-0.05, 0) is 48.0 Å². The lowest BCUT2D eigenvalue weighted by Gasteiger charge is -2.20. The lowest BCUT2D eigenvalue weighted by atomic mass is 10.1. The molecule has 31 heavy (non-hydrogen) atoms. The fourth-order valence-electron chi connectivity index (χ4n) is 3.24. The summed E-state index contributed by atoms with van der Waals surface area (Å²) >= 11 is 0. The van der Waals surface area contributed by atoms with Crippen molar-refractivity contribution in [2.45, 2.75) is 38.5 Å². The molecule has 1 aromatic carbocycles. The smallest absolute Gasteiger partial charge is 0.414 e. The van der Waals surface area contributed by atoms with E-state index in [1.54, 1.807) is 34.9 Å². The number of ether oxygens (including phenoxy) is 2. The second kappa shape index (κ2) is 9.82. The third kappa shape index (κ3) is 5.75. The monoisotopic (exact) mass is 441 g/mol. The zero-order valence-electron chi connectivity index (χ0n) is 18.0. The Kier molecular flexibility index (Phi) is 7.16. The van der Waals surface area contributed by atoms with E-state index in [2.05, 4.69) is 29.7 Å². The molecule has 10 heteroatoms. The van der Waals surface area contributed by atoms with Crippen LogP contribution in [0.2, 0.25) is 25.7 Å². The lowest BCUT2D eigenvalue weighted by Crippen LogP contribution is -2.35. The number of hydrogen-bond acceptors (Lipinski definition) is 5. The molecule has 0 bridgehead atoms. The fourth-order valence-corrected chi connectivity index (χ4v) is 3.99. The predicted molar refractivity (Wildman–Crippen MR) is 120 cm³/mol. The Balaban J connectivity index is 1.68. The molecule has 1 aliphatic rings. The Labute approximate surface area is 182 Å². The summed E-state index contributed by atoms with van der Waals surface area (Å²) in [5.74, 6) is -0.125. The summed E-state index contributed by atoms with van der Waals surface area (Å²) in [6.07, 6.45) is 1.33. The van der Waals surface area contributed by atoms with Gasteiger partial charge in [-0.15, -0.1) is 0 Å². The van der Waals surface area contributed by atoms with Gasteiger partial charge in [0.05, 0.1) is 18.3 Å². The summed E-state index contributed by atoms with van der Waals surface area (Å²) in [5, 5.41) is 3.54. The number of hydrogen-bond donors (Lipinski definition) is 0. The van der Waals surface area contributed by atoms with Crippen LogP contribution in [0, 0.1) is 0 Å². The molecule has 1 amide bonds. The number of anilines is 1. The number of rotatable bonds is 10. The highest BCUT2D eigenvalue weighted by Crippen LogP contribution is 2.24. The quantitative estimate of drug-likeness (QED) is 0.133. The first-order chi connectivity index (χ1) is 14.8. The predicted octanol–water partition coefficient (Wildman–Crippen LogP) is 4.67. The number of benzene rings is 1. The highest BCUT2D eigenvalue weighted by molar-refractivity contribution is 6.76. The molecule has 0 spiro atoms. The molecular weight excluding hydrogens is 414 g/mol. The van der Waals surface area contributed by atoms with Crippen molar-refractivity contribution >= 4 is 25.6 Å². The Bertz CT molecular complexity index is 976. The van der Waals surface area contributed by atoms with Crippen LogP contribution >= 0.6 is 0 Å². The average molecular weight is 442 g/mol. The van der Waals surface area contributed by atoms with Crippen molar-refractivity contribution in [1.29, 1.82) is 0 Å². The van der Waals surface area contributed by atoms with Crippen molar-refractivity contribution in [3.63, 3.8) is 0 Å². The second-order valence-corrected chi connectivity index (χ2v) is 14.2. The van der Waals surface area contributed by atoms with E-state index >= 15 is 0 Å². The molecule has 1 aliphatic heterocycles. The van der Waals surface area contributed by atoms with E-state index in [0.717, 1.165) is 6.04 Å². The first kappa shape index (κ1) is 22.6. The number of carbonyl (C=O) groups excluding carboxylic acids is 2. The van der Waals surface area contributed by atoms with E-state index in [-0.39, 0.29) is 25.0 Å². The van der Waals surface area contributed by atoms with Crippen molar-refractivity contribution in [3.05, 3.63) is 64.3 Å². The third-order valence-corrected chi connectivity index (χ3v) is 6.72. The maximum absolute atomic E-state index is 13.0. The molecule has 0 radical (unpaired) electrons. The minimum atomic E-state index is -1.16. The van der Waals surface area contributed by atoms with E-state index in [4.69, 9.17) is 15.0 Å². The van der Waals surface area contributed by atoms with Crippen molar-refractivity contribution in [2.24, 2.45) is 5.11 Å². The number of cyclic esters (lactones) is 1. The number of carbonyl (C=O) groups is 2. The Morgan fingerprint density at radius 1 is 1.29 bits per heavy atom. The van der Waals surface area contributed by atoms with E-state index in [9.17, 15) is 9.59 Å². The van der Waals surface area contributed by atoms with Crippen LogP contribution in [0.3, 0.4) is 0 Å². The van der Waals surface area contributed by atoms with Gasteiger partial charge in [0.2, 0.25) is 5.78 Å². The average Bonchev–Trinajstić information content (AvgIpc) is 3.35. The first-order valence-electron chi connectivity index (χ1n) is 10.1. The van der Waals surface area contributed by atoms with E-state index in [0.29, 0.717) is 30.3 Å². The summed E-state index contributed by atoms with van der Waals surface area (Å²) in [4.78, 5) is 29.2. The lowest BCUT2D eigenvalue weighted by molar-refractivity contribution is 0.0819. The van der Waals surface area contributed by atoms with E-state index in [1.807, 2.05) is 12.3 Å². The maximum Gasteiger partial charge on any atom is 0.414 e. The van der Waals surface area contributed by atoms with Crippen LogP contribution in [0.5, 0.6) is 0 Å². The van der Waals surface area contributed by atoms with Crippen LogP contribution in [0.15, 0.2) is 47.7 Å². The largest absolute Gasteiger partial charge is 0.447 e. The van der Waals surface area contributed by atoms with Gasteiger partial charge in [-0.2, -0.15) is 0 Å². The van der Waals surface area contributed by atoms with Crippen LogP contribution in [0.25, 0.3) is 10.4 Å². The first-order valence-corrected chi connectivity index (χ1v) is 13.9. The SMILES string of the molecule is C[Si](C)(C)CCOCn1cccc1C(=O)c1ccc(N2C(=O)OC[C@H]2CN=[N+]=[N-])cc1. The fraction of sp³-hybridized carbons (Fsp3) is 0.429. The third-order valence-electron chi connectivity index (χ3n) is 5.01. The van der Waals surface area contributed by atoms with Crippen molar-refractivity contribution < 1.29 is 19.1 Å². The van der Waals surface area contributed by atoms with Crippen molar-refractivity contribution in [3.8, 4) is 0 Å². The molecule has 3 rings (SSSR count). The summed E-state index contributed by atoms with van der Waals surface area (Å²) in [6.45, 7) is 8.18. The minimum Gasteiger partial charge on any atom is -0.447 e. The number of ketones is 1. The van der Waals surface area contributed by atoms with Gasteiger partial charge >= 0.3 is 6.09 Å². The van der Waals surface area contributed by atoms with Crippen LogP contribution in [0.4, 0.5) is 10.5 Å². The Morgan fingerprint density at radius 3 is 2.71 bits per heavy atom. The summed E-state index contributed by atoms with van der Waals surface area (Å²) < 4.78 is 12.6. The molecule has 9 nitrogen and oxygen atoms in total. The molecule has 0 saturated carbocycles. The molecule has 164 valence electrons. The van der Waals surface area contributed by atoms with Crippen LogP contribution in [0.1, 0.15) is 16.1 Å². The van der Waals surface area contributed by atoms with Crippen molar-refractivity contribution in [2.75, 3.05) is 24.7 Å². The van der Waals surface area contributed by atoms with E-state index < -0.39 is 14.2 Å². The maximum atomic E-state index is 13.0. The summed E-state index contributed by atoms with van der Waals surface area (Å²) in [6, 6.07) is 11.0. The van der Waals surface area contributed by atoms with Gasteiger partial charge in [0.15, 0.2) is 0 Å². The van der Waals surface area contributed by atoms with E-state index in [1.165, 1.54) is 4.90 Å². The number of nitrogens with zero attached hydrogens (tertiary/aromatic N) is 5. The highest BCUT2D eigenvalue weighted by atomic mass is 28.3. The van der Waals surface area contributed by atoms with Gasteiger partial charge in [-0.25, -0.2) is 4.79 Å². The summed E-state index contributed by atoms with van der Waals surface area (Å²) in [5.41, 5.74) is 10.2. The van der Waals surface area contributed by atoms with Gasteiger partial charge in [-0.1, -0.05) is 24.8 Å². The number of azide groups is 1. The molecule has 0 N–H and O–H groups in total. The molecule has 1 saturated heterocycles. The summed E-state index contributed by atoms with van der Waals surface area (Å²) in [7, 11) is -1.16. The molecule has 0 aliphatic carbocycles. The normalized spacial score (nSPS) is 16.2. The minimum absolute atomic E-state index is 0.119. The van der Waals surface area contributed by atoms with Crippen LogP contribution < -0.4 is 4.90 Å². The van der Waals surface area contributed by atoms with Crippen LogP contribution in [-0.4, -0.2) is 50.3 Å². The second-order valence-electron chi connectivity index (χ2n) is 8.60. The molecule has 2 heterocycles. The molecule has 1 atom stereocenters. The van der Waals surface area contributed by atoms with Crippen molar-refractivity contribution in [1.82, 2.24) is 4.57 Å². The van der Waals surface area contributed by atoms with Crippen LogP contribution in [-0.2, 0) is 16.2 Å². The number of amides is 1.